The molecule has 0 saturated carbocycles. The van der Waals surface area contributed by atoms with E-state index in [1.165, 1.54) is 0 Å². The van der Waals surface area contributed by atoms with Gasteiger partial charge in [-0.1, -0.05) is 0 Å². The molecule has 0 unspecified atom stereocenters. The molecule has 8 nitrogen and oxygen atoms in total. The zero-order chi connectivity index (χ0) is 15.1. The maximum absolute atomic E-state index is 8.75. The van der Waals surface area contributed by atoms with Crippen LogP contribution in [-0.4, -0.2) is 44.1 Å². The average molecular weight is 286 g/mol. The second kappa shape index (κ2) is 7.19. The van der Waals surface area contributed by atoms with Gasteiger partial charge in [0.25, 0.3) is 0 Å². The van der Waals surface area contributed by atoms with E-state index in [1.54, 1.807) is 23.3 Å². The third-order valence-electron chi connectivity index (χ3n) is 2.84. The fourth-order valence-corrected chi connectivity index (χ4v) is 1.81. The molecule has 2 aromatic heterocycles. The minimum atomic E-state index is 0.427. The van der Waals surface area contributed by atoms with Crippen molar-refractivity contribution < 1.29 is 0 Å². The number of aromatic nitrogens is 5. The molecule has 2 rings (SSSR count). The molecule has 8 heteroatoms. The summed E-state index contributed by atoms with van der Waals surface area (Å²) in [5.41, 5.74) is 0. The molecule has 0 aliphatic rings. The highest BCUT2D eigenvalue weighted by Crippen LogP contribution is 2.13. The quantitative estimate of drug-likeness (QED) is 0.817. The summed E-state index contributed by atoms with van der Waals surface area (Å²) in [5, 5.41) is 11.8. The number of imidazole rings is 1. The maximum atomic E-state index is 8.75. The fraction of sp³-hybridized carbons (Fsp3) is 0.462. The summed E-state index contributed by atoms with van der Waals surface area (Å²) in [6.45, 7) is 6.02. The van der Waals surface area contributed by atoms with Crippen molar-refractivity contribution in [3.8, 4) is 12.0 Å². The lowest BCUT2D eigenvalue weighted by Crippen LogP contribution is -2.27. The van der Waals surface area contributed by atoms with Crippen LogP contribution >= 0.6 is 0 Å². The predicted molar refractivity (Wildman–Crippen MR) is 79.2 cm³/mol. The standard InChI is InChI=1S/C13H18N8/c1-3-16-11-17-12(20(4-2)8-5-6-14)19-13(18-11)21-9-7-15-10-21/h7,9-10H,3-5,8H2,1-2H3,(H,16,17,18,19). The van der Waals surface area contributed by atoms with Crippen LogP contribution < -0.4 is 10.2 Å². The Hall–Kier alpha value is -2.69. The Kier molecular flexibility index (Phi) is 5.04. The number of rotatable bonds is 7. The highest BCUT2D eigenvalue weighted by atomic mass is 15.3. The van der Waals surface area contributed by atoms with Crippen molar-refractivity contribution in [2.75, 3.05) is 29.9 Å². The maximum Gasteiger partial charge on any atom is 0.241 e. The van der Waals surface area contributed by atoms with E-state index in [2.05, 4.69) is 31.3 Å². The first-order chi connectivity index (χ1) is 10.3. The van der Waals surface area contributed by atoms with Gasteiger partial charge in [-0.05, 0) is 13.8 Å². The van der Waals surface area contributed by atoms with Gasteiger partial charge >= 0.3 is 0 Å². The average Bonchev–Trinajstić information content (AvgIpc) is 3.02. The van der Waals surface area contributed by atoms with E-state index < -0.39 is 0 Å². The molecule has 1 N–H and O–H groups in total. The van der Waals surface area contributed by atoms with Gasteiger partial charge in [0.2, 0.25) is 17.8 Å². The fourth-order valence-electron chi connectivity index (χ4n) is 1.81. The second-order valence-electron chi connectivity index (χ2n) is 4.25. The summed E-state index contributed by atoms with van der Waals surface area (Å²) in [5.74, 6) is 1.58. The van der Waals surface area contributed by atoms with Crippen LogP contribution in [-0.2, 0) is 0 Å². The number of hydrogen-bond donors (Lipinski definition) is 1. The van der Waals surface area contributed by atoms with Crippen LogP contribution in [0, 0.1) is 11.3 Å². The van der Waals surface area contributed by atoms with Crippen molar-refractivity contribution >= 4 is 11.9 Å². The summed E-state index contributed by atoms with van der Waals surface area (Å²) in [4.78, 5) is 19.2. The molecule has 2 aromatic rings. The number of nitrogens with zero attached hydrogens (tertiary/aromatic N) is 7. The zero-order valence-electron chi connectivity index (χ0n) is 12.2. The van der Waals surface area contributed by atoms with Crippen LogP contribution in [0.25, 0.3) is 5.95 Å². The summed E-state index contributed by atoms with van der Waals surface area (Å²) in [6.07, 6.45) is 5.51. The van der Waals surface area contributed by atoms with Crippen LogP contribution in [0.15, 0.2) is 18.7 Å². The van der Waals surface area contributed by atoms with Crippen molar-refractivity contribution in [2.24, 2.45) is 0 Å². The highest BCUT2D eigenvalue weighted by molar-refractivity contribution is 5.40. The van der Waals surface area contributed by atoms with E-state index >= 15 is 0 Å². The van der Waals surface area contributed by atoms with Gasteiger partial charge in [-0.3, -0.25) is 4.57 Å². The Morgan fingerprint density at radius 2 is 2.19 bits per heavy atom. The van der Waals surface area contributed by atoms with E-state index in [0.717, 1.165) is 13.1 Å². The first-order valence-corrected chi connectivity index (χ1v) is 6.88. The molecule has 0 bridgehead atoms. The number of anilines is 2. The van der Waals surface area contributed by atoms with Gasteiger partial charge in [0.05, 0.1) is 12.5 Å². The summed E-state index contributed by atoms with van der Waals surface area (Å²) in [7, 11) is 0. The SMILES string of the molecule is CCNc1nc(N(CC)CCC#N)nc(-n2ccnc2)n1. The topological polar surface area (TPSA) is 95.6 Å². The van der Waals surface area contributed by atoms with Crippen LogP contribution in [0.1, 0.15) is 20.3 Å². The van der Waals surface area contributed by atoms with Crippen molar-refractivity contribution in [1.29, 1.82) is 5.26 Å². The molecule has 0 amide bonds. The van der Waals surface area contributed by atoms with E-state index in [1.807, 2.05) is 18.7 Å². The number of nitriles is 1. The van der Waals surface area contributed by atoms with Crippen LogP contribution in [0.3, 0.4) is 0 Å². The van der Waals surface area contributed by atoms with Gasteiger partial charge in [0.1, 0.15) is 6.33 Å². The van der Waals surface area contributed by atoms with Gasteiger partial charge in [-0.2, -0.15) is 20.2 Å². The van der Waals surface area contributed by atoms with Gasteiger partial charge < -0.3 is 10.2 Å². The third-order valence-corrected chi connectivity index (χ3v) is 2.84. The Labute approximate surface area is 123 Å². The monoisotopic (exact) mass is 286 g/mol. The molecule has 0 spiro atoms. The summed E-state index contributed by atoms with van der Waals surface area (Å²) < 4.78 is 1.73. The number of nitrogens with one attached hydrogen (secondary N) is 1. The Morgan fingerprint density at radius 1 is 1.33 bits per heavy atom. The molecule has 0 radical (unpaired) electrons. The van der Waals surface area contributed by atoms with E-state index in [4.69, 9.17) is 5.26 Å². The van der Waals surface area contributed by atoms with Crippen LogP contribution in [0.5, 0.6) is 0 Å². The Morgan fingerprint density at radius 3 is 2.81 bits per heavy atom. The Balaban J connectivity index is 2.37. The molecular formula is C13H18N8. The third kappa shape index (κ3) is 3.66. The van der Waals surface area contributed by atoms with Crippen molar-refractivity contribution in [1.82, 2.24) is 24.5 Å². The molecule has 0 fully saturated rings. The molecular weight excluding hydrogens is 268 g/mol. The first-order valence-electron chi connectivity index (χ1n) is 6.88. The first kappa shape index (κ1) is 14.7. The summed E-state index contributed by atoms with van der Waals surface area (Å²) >= 11 is 0. The molecule has 0 saturated heterocycles. The lowest BCUT2D eigenvalue weighted by molar-refractivity contribution is 0.771. The smallest absolute Gasteiger partial charge is 0.241 e. The molecule has 0 aliphatic heterocycles. The van der Waals surface area contributed by atoms with Crippen molar-refractivity contribution in [3.63, 3.8) is 0 Å². The lowest BCUT2D eigenvalue weighted by Gasteiger charge is -2.20. The molecule has 21 heavy (non-hydrogen) atoms. The van der Waals surface area contributed by atoms with E-state index in [-0.39, 0.29) is 0 Å². The minimum Gasteiger partial charge on any atom is -0.354 e. The second-order valence-corrected chi connectivity index (χ2v) is 4.25. The van der Waals surface area contributed by atoms with Gasteiger partial charge in [-0.25, -0.2) is 4.98 Å². The summed E-state index contributed by atoms with van der Waals surface area (Å²) in [6, 6.07) is 2.14. The van der Waals surface area contributed by atoms with Crippen molar-refractivity contribution in [3.05, 3.63) is 18.7 Å². The lowest BCUT2D eigenvalue weighted by atomic mass is 10.4. The van der Waals surface area contributed by atoms with Gasteiger partial charge in [0.15, 0.2) is 0 Å². The van der Waals surface area contributed by atoms with Crippen LogP contribution in [0.2, 0.25) is 0 Å². The zero-order valence-corrected chi connectivity index (χ0v) is 12.2. The Bertz CT molecular complexity index is 601. The molecule has 0 aliphatic carbocycles. The largest absolute Gasteiger partial charge is 0.354 e. The van der Waals surface area contributed by atoms with E-state index in [0.29, 0.717) is 30.8 Å². The van der Waals surface area contributed by atoms with Gasteiger partial charge in [0, 0.05) is 32.0 Å². The molecule has 2 heterocycles. The van der Waals surface area contributed by atoms with Crippen molar-refractivity contribution in [2.45, 2.75) is 20.3 Å². The minimum absolute atomic E-state index is 0.427. The number of hydrogen-bond acceptors (Lipinski definition) is 7. The highest BCUT2D eigenvalue weighted by Gasteiger charge is 2.12. The molecule has 0 atom stereocenters. The normalized spacial score (nSPS) is 10.1. The molecule has 0 aromatic carbocycles. The predicted octanol–water partition coefficient (Wildman–Crippen LogP) is 1.23. The van der Waals surface area contributed by atoms with Crippen LogP contribution in [0.4, 0.5) is 11.9 Å². The van der Waals surface area contributed by atoms with Gasteiger partial charge in [-0.15, -0.1) is 0 Å². The van der Waals surface area contributed by atoms with E-state index in [9.17, 15) is 0 Å². The molecule has 110 valence electrons.